The van der Waals surface area contributed by atoms with E-state index in [-0.39, 0.29) is 5.78 Å². The Bertz CT molecular complexity index is 955. The van der Waals surface area contributed by atoms with Gasteiger partial charge in [0, 0.05) is 43.0 Å². The van der Waals surface area contributed by atoms with Gasteiger partial charge in [-0.1, -0.05) is 19.1 Å². The Morgan fingerprint density at radius 2 is 1.67 bits per heavy atom. The summed E-state index contributed by atoms with van der Waals surface area (Å²) >= 11 is 0. The molecule has 158 valence electrons. The van der Waals surface area contributed by atoms with Crippen molar-refractivity contribution in [2.75, 3.05) is 37.6 Å². The number of fused-ring (bicyclic) bond motifs is 1. The monoisotopic (exact) mass is 414 g/mol. The number of rotatable bonds is 3. The molecule has 2 aromatic carbocycles. The highest BCUT2D eigenvalue weighted by Crippen LogP contribution is 2.32. The molecule has 6 heteroatoms. The van der Waals surface area contributed by atoms with Gasteiger partial charge >= 0.3 is 6.18 Å². The molecule has 4 rings (SSSR count). The lowest BCUT2D eigenvalue weighted by molar-refractivity contribution is -0.137. The first-order chi connectivity index (χ1) is 14.3. The SMILES string of the molecule is CCN1CCN(c2ccc3c(c2)CC/C(=C\c2ccc(C(F)(F)F)cc2)C3=O)CC1. The van der Waals surface area contributed by atoms with Crippen molar-refractivity contribution in [1.82, 2.24) is 4.90 Å². The third-order valence-electron chi connectivity index (χ3n) is 6.05. The Labute approximate surface area is 174 Å². The number of carbonyl (C=O) groups is 1. The van der Waals surface area contributed by atoms with E-state index in [1.807, 2.05) is 12.1 Å². The molecule has 1 heterocycles. The predicted octanol–water partition coefficient (Wildman–Crippen LogP) is 5.06. The topological polar surface area (TPSA) is 23.6 Å². The number of Topliss-reactive ketones (excluding diaryl/α,β-unsaturated/α-hetero) is 1. The zero-order chi connectivity index (χ0) is 21.3. The van der Waals surface area contributed by atoms with Gasteiger partial charge < -0.3 is 9.80 Å². The third-order valence-corrected chi connectivity index (χ3v) is 6.05. The molecule has 1 saturated heterocycles. The van der Waals surface area contributed by atoms with Gasteiger partial charge in [0.05, 0.1) is 5.56 Å². The van der Waals surface area contributed by atoms with Gasteiger partial charge in [0.2, 0.25) is 0 Å². The fraction of sp³-hybridized carbons (Fsp3) is 0.375. The van der Waals surface area contributed by atoms with Gasteiger partial charge in [-0.05, 0) is 66.9 Å². The fourth-order valence-electron chi connectivity index (χ4n) is 4.19. The number of halogens is 3. The molecule has 0 aromatic heterocycles. The van der Waals surface area contributed by atoms with Crippen molar-refractivity contribution in [3.8, 4) is 0 Å². The third kappa shape index (κ3) is 4.29. The van der Waals surface area contributed by atoms with Crippen molar-refractivity contribution in [3.05, 3.63) is 70.3 Å². The molecule has 0 bridgehead atoms. The average Bonchev–Trinajstić information content (AvgIpc) is 2.75. The standard InChI is InChI=1S/C24H25F3N2O/c1-2-28-11-13-29(14-12-28)21-9-10-22-18(16-21)5-6-19(23(22)30)15-17-3-7-20(8-4-17)24(25,26)27/h3-4,7-10,15-16H,2,5-6,11-14H2,1H3/b19-15+. The summed E-state index contributed by atoms with van der Waals surface area (Å²) < 4.78 is 38.2. The number of hydrogen-bond donors (Lipinski definition) is 0. The van der Waals surface area contributed by atoms with Crippen LogP contribution < -0.4 is 4.90 Å². The van der Waals surface area contributed by atoms with Gasteiger partial charge in [-0.3, -0.25) is 4.79 Å². The maximum absolute atomic E-state index is 12.9. The first kappa shape index (κ1) is 20.7. The number of ketones is 1. The van der Waals surface area contributed by atoms with Crippen LogP contribution in [-0.2, 0) is 12.6 Å². The maximum Gasteiger partial charge on any atom is 0.416 e. The number of aryl methyl sites for hydroxylation is 1. The molecule has 0 radical (unpaired) electrons. The smallest absolute Gasteiger partial charge is 0.369 e. The van der Waals surface area contributed by atoms with Crippen LogP contribution in [0.2, 0.25) is 0 Å². The minimum absolute atomic E-state index is 0.0292. The van der Waals surface area contributed by atoms with Gasteiger partial charge in [-0.25, -0.2) is 0 Å². The van der Waals surface area contributed by atoms with Gasteiger partial charge in [-0.2, -0.15) is 13.2 Å². The molecule has 1 fully saturated rings. The van der Waals surface area contributed by atoms with E-state index in [1.165, 1.54) is 12.1 Å². The second-order valence-electron chi connectivity index (χ2n) is 7.88. The second-order valence-corrected chi connectivity index (χ2v) is 7.88. The highest BCUT2D eigenvalue weighted by Gasteiger charge is 2.30. The summed E-state index contributed by atoms with van der Waals surface area (Å²) in [6.45, 7) is 7.31. The first-order valence-electron chi connectivity index (χ1n) is 10.4. The molecule has 0 spiro atoms. The van der Waals surface area contributed by atoms with E-state index >= 15 is 0 Å². The molecule has 0 amide bonds. The predicted molar refractivity (Wildman–Crippen MR) is 113 cm³/mol. The van der Waals surface area contributed by atoms with E-state index in [0.29, 0.717) is 23.1 Å². The molecular weight excluding hydrogens is 389 g/mol. The zero-order valence-electron chi connectivity index (χ0n) is 17.0. The van der Waals surface area contributed by atoms with Crippen molar-refractivity contribution in [1.29, 1.82) is 0 Å². The quantitative estimate of drug-likeness (QED) is 0.656. The Balaban J connectivity index is 1.51. The van der Waals surface area contributed by atoms with Crippen LogP contribution in [0.5, 0.6) is 0 Å². The van der Waals surface area contributed by atoms with Crippen LogP contribution in [0.15, 0.2) is 48.0 Å². The number of carbonyl (C=O) groups excluding carboxylic acids is 1. The lowest BCUT2D eigenvalue weighted by Crippen LogP contribution is -2.46. The van der Waals surface area contributed by atoms with E-state index in [2.05, 4.69) is 22.8 Å². The highest BCUT2D eigenvalue weighted by molar-refractivity contribution is 6.13. The van der Waals surface area contributed by atoms with E-state index in [9.17, 15) is 18.0 Å². The molecule has 30 heavy (non-hydrogen) atoms. The van der Waals surface area contributed by atoms with E-state index in [0.717, 1.165) is 62.5 Å². The van der Waals surface area contributed by atoms with Crippen LogP contribution in [0.25, 0.3) is 6.08 Å². The van der Waals surface area contributed by atoms with Crippen molar-refractivity contribution in [3.63, 3.8) is 0 Å². The number of nitrogens with zero attached hydrogens (tertiary/aromatic N) is 2. The van der Waals surface area contributed by atoms with Crippen LogP contribution in [0.4, 0.5) is 18.9 Å². The van der Waals surface area contributed by atoms with Crippen molar-refractivity contribution < 1.29 is 18.0 Å². The largest absolute Gasteiger partial charge is 0.416 e. The number of allylic oxidation sites excluding steroid dienone is 1. The van der Waals surface area contributed by atoms with Gasteiger partial charge in [0.1, 0.15) is 0 Å². The molecule has 3 nitrogen and oxygen atoms in total. The second kappa shape index (κ2) is 8.26. The van der Waals surface area contributed by atoms with Crippen LogP contribution in [0.1, 0.15) is 40.4 Å². The molecule has 0 atom stereocenters. The molecule has 0 saturated carbocycles. The average molecular weight is 414 g/mol. The summed E-state index contributed by atoms with van der Waals surface area (Å²) in [6, 6.07) is 11.0. The number of benzene rings is 2. The van der Waals surface area contributed by atoms with Gasteiger partial charge in [-0.15, -0.1) is 0 Å². The van der Waals surface area contributed by atoms with Crippen LogP contribution >= 0.6 is 0 Å². The van der Waals surface area contributed by atoms with Gasteiger partial charge in [0.15, 0.2) is 5.78 Å². The number of likely N-dealkylation sites (N-methyl/N-ethyl adjacent to an activating group) is 1. The lowest BCUT2D eigenvalue weighted by atomic mass is 9.85. The van der Waals surface area contributed by atoms with E-state index in [1.54, 1.807) is 6.08 Å². The van der Waals surface area contributed by atoms with Crippen LogP contribution in [-0.4, -0.2) is 43.4 Å². The Hall–Kier alpha value is -2.60. The molecular formula is C24H25F3N2O. The molecule has 2 aromatic rings. The van der Waals surface area contributed by atoms with Crippen LogP contribution in [0, 0.1) is 0 Å². The van der Waals surface area contributed by atoms with E-state index < -0.39 is 11.7 Å². The zero-order valence-corrected chi connectivity index (χ0v) is 17.0. The molecule has 2 aliphatic rings. The summed E-state index contributed by atoms with van der Waals surface area (Å²) in [6.07, 6.45) is -1.29. The summed E-state index contributed by atoms with van der Waals surface area (Å²) in [5, 5.41) is 0. The Morgan fingerprint density at radius 3 is 2.30 bits per heavy atom. The Morgan fingerprint density at radius 1 is 0.967 bits per heavy atom. The van der Waals surface area contributed by atoms with Crippen molar-refractivity contribution in [2.45, 2.75) is 25.9 Å². The molecule has 0 unspecified atom stereocenters. The number of alkyl halides is 3. The number of hydrogen-bond acceptors (Lipinski definition) is 3. The fourth-order valence-corrected chi connectivity index (χ4v) is 4.19. The van der Waals surface area contributed by atoms with Crippen molar-refractivity contribution in [2.24, 2.45) is 0 Å². The molecule has 1 aliphatic carbocycles. The molecule has 0 N–H and O–H groups in total. The lowest BCUT2D eigenvalue weighted by Gasteiger charge is -2.36. The Kier molecular flexibility index (Phi) is 5.69. The summed E-state index contributed by atoms with van der Waals surface area (Å²) in [4.78, 5) is 17.7. The van der Waals surface area contributed by atoms with Gasteiger partial charge in [0.25, 0.3) is 0 Å². The first-order valence-corrected chi connectivity index (χ1v) is 10.4. The summed E-state index contributed by atoms with van der Waals surface area (Å²) in [5.74, 6) is -0.0292. The maximum atomic E-state index is 12.9. The highest BCUT2D eigenvalue weighted by atomic mass is 19.4. The minimum Gasteiger partial charge on any atom is -0.369 e. The number of piperazine rings is 1. The minimum atomic E-state index is -4.35. The molecule has 1 aliphatic heterocycles. The summed E-state index contributed by atoms with van der Waals surface area (Å²) in [7, 11) is 0. The van der Waals surface area contributed by atoms with Crippen molar-refractivity contribution >= 4 is 17.5 Å². The normalized spacial score (nSPS) is 19.3. The summed E-state index contributed by atoms with van der Waals surface area (Å²) in [5.41, 5.74) is 3.49. The number of anilines is 1. The van der Waals surface area contributed by atoms with E-state index in [4.69, 9.17) is 0 Å². The van der Waals surface area contributed by atoms with Crippen LogP contribution in [0.3, 0.4) is 0 Å².